The quantitative estimate of drug-likeness (QED) is 0.206. The maximum absolute atomic E-state index is 12.8. The summed E-state index contributed by atoms with van der Waals surface area (Å²) >= 11 is 7.45. The number of aliphatic carboxylic acids is 1. The summed E-state index contributed by atoms with van der Waals surface area (Å²) in [4.78, 5) is 49.5. The predicted molar refractivity (Wildman–Crippen MR) is 140 cm³/mol. The van der Waals surface area contributed by atoms with Crippen LogP contribution in [0.2, 0.25) is 5.02 Å². The number of carboxylic acids is 1. The fourth-order valence-corrected chi connectivity index (χ4v) is 4.37. The standard InChI is InChI=1S/C27H27ClN2O5S/c1-3-5-19(14-16(2)18-9-10-18)22(31)12-8-17-7-11-20(21(28)15-17)25(32)29-24(27(34)35)30-26(33)23-6-4-13-36-23/h3-7,11,13-15,18,24H,2,8-10,12H2,1H3,(H,29,32)(H,30,33)(H,34,35)/b5-3-,19-14+. The van der Waals surface area contributed by atoms with Gasteiger partial charge in [-0.25, -0.2) is 4.79 Å². The Balaban J connectivity index is 1.62. The number of aryl methyl sites for hydroxylation is 1. The Morgan fingerprint density at radius 1 is 1.19 bits per heavy atom. The zero-order valence-corrected chi connectivity index (χ0v) is 21.3. The Morgan fingerprint density at radius 2 is 1.92 bits per heavy atom. The average molecular weight is 527 g/mol. The van der Waals surface area contributed by atoms with E-state index < -0.39 is 23.9 Å². The molecule has 0 bridgehead atoms. The number of amides is 2. The van der Waals surface area contributed by atoms with Crippen molar-refractivity contribution in [1.82, 2.24) is 10.6 Å². The minimum Gasteiger partial charge on any atom is -0.478 e. The van der Waals surface area contributed by atoms with Crippen molar-refractivity contribution in [1.29, 1.82) is 0 Å². The third-order valence-electron chi connectivity index (χ3n) is 5.57. The van der Waals surface area contributed by atoms with Crippen molar-refractivity contribution >= 4 is 46.5 Å². The van der Waals surface area contributed by atoms with Gasteiger partial charge in [-0.2, -0.15) is 0 Å². The molecule has 1 fully saturated rings. The van der Waals surface area contributed by atoms with Gasteiger partial charge in [-0.15, -0.1) is 11.3 Å². The van der Waals surface area contributed by atoms with Gasteiger partial charge in [0.25, 0.3) is 11.8 Å². The third kappa shape index (κ3) is 7.50. The number of thiophene rings is 1. The number of Topliss-reactive ketones (excluding diaryl/α,β-unsaturated/α-hetero) is 1. The van der Waals surface area contributed by atoms with Crippen LogP contribution in [0.5, 0.6) is 0 Å². The van der Waals surface area contributed by atoms with Crippen molar-refractivity contribution in [2.75, 3.05) is 0 Å². The fourth-order valence-electron chi connectivity index (χ4n) is 3.45. The highest BCUT2D eigenvalue weighted by Crippen LogP contribution is 2.36. The molecule has 0 aliphatic heterocycles. The van der Waals surface area contributed by atoms with E-state index in [-0.39, 0.29) is 22.8 Å². The molecular formula is C27H27ClN2O5S. The Labute approximate surface area is 218 Å². The van der Waals surface area contributed by atoms with Crippen molar-refractivity contribution in [3.05, 3.63) is 92.7 Å². The second-order valence-electron chi connectivity index (χ2n) is 8.38. The van der Waals surface area contributed by atoms with Crippen molar-refractivity contribution < 1.29 is 24.3 Å². The molecule has 9 heteroatoms. The average Bonchev–Trinajstić information content (AvgIpc) is 3.55. The summed E-state index contributed by atoms with van der Waals surface area (Å²) in [6, 6.07) is 7.91. The van der Waals surface area contributed by atoms with Gasteiger partial charge in [0, 0.05) is 12.0 Å². The van der Waals surface area contributed by atoms with Crippen molar-refractivity contribution in [2.24, 2.45) is 5.92 Å². The van der Waals surface area contributed by atoms with E-state index in [2.05, 4.69) is 17.2 Å². The largest absolute Gasteiger partial charge is 0.478 e. The smallest absolute Gasteiger partial charge is 0.347 e. The van der Waals surface area contributed by atoms with Crippen molar-refractivity contribution in [2.45, 2.75) is 38.8 Å². The van der Waals surface area contributed by atoms with Gasteiger partial charge < -0.3 is 15.7 Å². The second-order valence-corrected chi connectivity index (χ2v) is 9.74. The number of allylic oxidation sites excluding steroid dienone is 5. The van der Waals surface area contributed by atoms with E-state index in [1.165, 1.54) is 6.07 Å². The van der Waals surface area contributed by atoms with E-state index in [0.29, 0.717) is 22.8 Å². The lowest BCUT2D eigenvalue weighted by Gasteiger charge is -2.16. The first-order valence-corrected chi connectivity index (χ1v) is 12.7. The van der Waals surface area contributed by atoms with Crippen LogP contribution in [0.15, 0.2) is 71.7 Å². The predicted octanol–water partition coefficient (Wildman–Crippen LogP) is 4.94. The van der Waals surface area contributed by atoms with E-state index >= 15 is 0 Å². The molecule has 0 spiro atoms. The molecule has 3 N–H and O–H groups in total. The molecular weight excluding hydrogens is 500 g/mol. The second kappa shape index (κ2) is 12.5. The van der Waals surface area contributed by atoms with Gasteiger partial charge in [0.2, 0.25) is 6.17 Å². The Kier molecular flexibility index (Phi) is 9.38. The lowest BCUT2D eigenvalue weighted by molar-refractivity contribution is -0.139. The zero-order chi connectivity index (χ0) is 26.2. The highest BCUT2D eigenvalue weighted by atomic mass is 35.5. The van der Waals surface area contributed by atoms with Gasteiger partial charge >= 0.3 is 5.97 Å². The number of hydrogen-bond acceptors (Lipinski definition) is 5. The number of rotatable bonds is 12. The summed E-state index contributed by atoms with van der Waals surface area (Å²) in [7, 11) is 0. The van der Waals surface area contributed by atoms with Crippen molar-refractivity contribution in [3.8, 4) is 0 Å². The lowest BCUT2D eigenvalue weighted by Crippen LogP contribution is -2.52. The summed E-state index contributed by atoms with van der Waals surface area (Å²) < 4.78 is 0. The first-order chi connectivity index (χ1) is 17.2. The Morgan fingerprint density at radius 3 is 2.50 bits per heavy atom. The van der Waals surface area contributed by atoms with Crippen LogP contribution in [0.3, 0.4) is 0 Å². The van der Waals surface area contributed by atoms with Crippen LogP contribution in [0.4, 0.5) is 0 Å². The Bertz CT molecular complexity index is 1230. The van der Waals surface area contributed by atoms with Crippen LogP contribution in [-0.2, 0) is 16.0 Å². The number of carbonyl (C=O) groups excluding carboxylic acids is 3. The maximum Gasteiger partial charge on any atom is 0.347 e. The number of nitrogens with one attached hydrogen (secondary N) is 2. The third-order valence-corrected chi connectivity index (χ3v) is 6.75. The van der Waals surface area contributed by atoms with E-state index in [0.717, 1.165) is 35.3 Å². The van der Waals surface area contributed by atoms with E-state index in [9.17, 15) is 24.3 Å². The van der Waals surface area contributed by atoms with Crippen LogP contribution in [0.25, 0.3) is 0 Å². The number of halogens is 1. The van der Waals surface area contributed by atoms with Gasteiger partial charge in [-0.1, -0.05) is 48.0 Å². The molecule has 0 saturated heterocycles. The van der Waals surface area contributed by atoms with E-state index in [1.54, 1.807) is 35.7 Å². The number of ketones is 1. The summed E-state index contributed by atoms with van der Waals surface area (Å²) in [5.41, 5.74) is 2.40. The van der Waals surface area contributed by atoms with Crippen molar-refractivity contribution in [3.63, 3.8) is 0 Å². The van der Waals surface area contributed by atoms with E-state index in [4.69, 9.17) is 11.6 Å². The van der Waals surface area contributed by atoms with Gasteiger partial charge in [0.15, 0.2) is 5.78 Å². The normalized spacial score (nSPS) is 14.3. The molecule has 1 aromatic heterocycles. The van der Waals surface area contributed by atoms with Gasteiger partial charge in [-0.3, -0.25) is 14.4 Å². The molecule has 1 heterocycles. The molecule has 1 saturated carbocycles. The monoisotopic (exact) mass is 526 g/mol. The van der Waals surface area contributed by atoms with Gasteiger partial charge in [0.05, 0.1) is 15.5 Å². The first kappa shape index (κ1) is 27.1. The molecule has 2 aromatic rings. The van der Waals surface area contributed by atoms with Crippen LogP contribution < -0.4 is 10.6 Å². The van der Waals surface area contributed by atoms with Crippen LogP contribution >= 0.6 is 22.9 Å². The molecule has 1 aliphatic rings. The van der Waals surface area contributed by atoms with Crippen LogP contribution in [0.1, 0.15) is 51.8 Å². The molecule has 1 atom stereocenters. The van der Waals surface area contributed by atoms with E-state index in [1.807, 2.05) is 19.1 Å². The topological polar surface area (TPSA) is 113 Å². The minimum absolute atomic E-state index is 0.0152. The van der Waals surface area contributed by atoms with Gasteiger partial charge in [0.1, 0.15) is 0 Å². The molecule has 1 unspecified atom stereocenters. The van der Waals surface area contributed by atoms with Gasteiger partial charge in [-0.05, 0) is 67.3 Å². The molecule has 0 radical (unpaired) electrons. The molecule has 7 nitrogen and oxygen atoms in total. The molecule has 36 heavy (non-hydrogen) atoms. The molecule has 188 valence electrons. The highest BCUT2D eigenvalue weighted by Gasteiger charge is 2.25. The summed E-state index contributed by atoms with van der Waals surface area (Å²) in [6.07, 6.45) is 6.72. The molecule has 1 aliphatic carbocycles. The Hall–Kier alpha value is -3.49. The first-order valence-electron chi connectivity index (χ1n) is 11.4. The summed E-state index contributed by atoms with van der Waals surface area (Å²) in [5, 5.41) is 15.7. The number of benzene rings is 1. The summed E-state index contributed by atoms with van der Waals surface area (Å²) in [6.45, 7) is 5.91. The molecule has 3 rings (SSSR count). The molecule has 1 aromatic carbocycles. The summed E-state index contributed by atoms with van der Waals surface area (Å²) in [5.74, 6) is -2.33. The van der Waals surface area contributed by atoms with Crippen LogP contribution in [0, 0.1) is 5.92 Å². The number of carboxylic acid groups (broad SMARTS) is 1. The molecule has 2 amide bonds. The SMILES string of the molecule is C=C(/C=C(\C=C/C)C(=O)CCc1ccc(C(=O)NC(NC(=O)c2cccs2)C(=O)O)c(Cl)c1)C1CC1. The number of carbonyl (C=O) groups is 4. The fraction of sp³-hybridized carbons (Fsp3) is 0.259. The number of hydrogen-bond donors (Lipinski definition) is 3. The minimum atomic E-state index is -1.64. The maximum atomic E-state index is 12.8. The lowest BCUT2D eigenvalue weighted by atomic mass is 9.99. The zero-order valence-electron chi connectivity index (χ0n) is 19.8. The highest BCUT2D eigenvalue weighted by molar-refractivity contribution is 7.12. The van der Waals surface area contributed by atoms with Crippen LogP contribution in [-0.4, -0.2) is 34.8 Å².